The number of nitrogens with one attached hydrogen (secondary N) is 2. The Balaban J connectivity index is 1.74. The largest absolute Gasteiger partial charge is 0.497 e. The van der Waals surface area contributed by atoms with Crippen molar-refractivity contribution >= 4 is 5.91 Å². The highest BCUT2D eigenvalue weighted by Crippen LogP contribution is 2.21. The monoisotopic (exact) mass is 394 g/mol. The fraction of sp³-hybridized carbons (Fsp3) is 0.318. The normalized spacial score (nSPS) is 11.9. The summed E-state index contributed by atoms with van der Waals surface area (Å²) < 4.78 is 7.05. The molecule has 0 fully saturated rings. The number of rotatable bonds is 6. The van der Waals surface area contributed by atoms with Crippen molar-refractivity contribution in [2.75, 3.05) is 7.11 Å². The fourth-order valence-electron chi connectivity index (χ4n) is 3.38. The van der Waals surface area contributed by atoms with Crippen LogP contribution in [0.5, 0.6) is 5.75 Å². The molecular formula is C22H26N4O3. The first-order valence-electron chi connectivity index (χ1n) is 9.47. The van der Waals surface area contributed by atoms with Crippen LogP contribution < -0.4 is 15.6 Å². The summed E-state index contributed by atoms with van der Waals surface area (Å²) in [6.45, 7) is 5.88. The van der Waals surface area contributed by atoms with Crippen LogP contribution in [0.4, 0.5) is 0 Å². The number of carbonyl (C=O) groups excluding carboxylic acids is 1. The van der Waals surface area contributed by atoms with Gasteiger partial charge in [-0.05, 0) is 57.0 Å². The second-order valence-electron chi connectivity index (χ2n) is 7.20. The smallest absolute Gasteiger partial charge is 0.261 e. The Kier molecular flexibility index (Phi) is 5.87. The second kappa shape index (κ2) is 8.34. The molecule has 0 spiro atoms. The molecule has 1 aromatic carbocycles. The molecule has 152 valence electrons. The number of benzene rings is 1. The van der Waals surface area contributed by atoms with Gasteiger partial charge >= 0.3 is 0 Å². The zero-order valence-corrected chi connectivity index (χ0v) is 17.4. The maximum atomic E-state index is 12.6. The van der Waals surface area contributed by atoms with Crippen molar-refractivity contribution in [1.82, 2.24) is 20.1 Å². The lowest BCUT2D eigenvalue weighted by Crippen LogP contribution is -2.37. The van der Waals surface area contributed by atoms with E-state index in [2.05, 4.69) is 15.4 Å². The minimum Gasteiger partial charge on any atom is -0.497 e. The van der Waals surface area contributed by atoms with Crippen LogP contribution >= 0.6 is 0 Å². The van der Waals surface area contributed by atoms with Crippen LogP contribution in [0.2, 0.25) is 0 Å². The first kappa shape index (κ1) is 20.4. The van der Waals surface area contributed by atoms with E-state index < -0.39 is 11.5 Å². The minimum atomic E-state index is -0.427. The third kappa shape index (κ3) is 4.39. The lowest BCUT2D eigenvalue weighted by molar-refractivity contribution is 0.0938. The molecule has 2 heterocycles. The molecule has 2 N–H and O–H groups in total. The van der Waals surface area contributed by atoms with Crippen LogP contribution in [0.25, 0.3) is 11.3 Å². The van der Waals surface area contributed by atoms with Gasteiger partial charge in [-0.2, -0.15) is 5.10 Å². The molecule has 1 atom stereocenters. The van der Waals surface area contributed by atoms with Gasteiger partial charge in [0.1, 0.15) is 11.3 Å². The first-order chi connectivity index (χ1) is 13.8. The van der Waals surface area contributed by atoms with Gasteiger partial charge in [-0.15, -0.1) is 0 Å². The molecule has 2 aromatic heterocycles. The van der Waals surface area contributed by atoms with Gasteiger partial charge < -0.3 is 15.0 Å². The molecule has 7 heteroatoms. The molecule has 0 radical (unpaired) electrons. The molecule has 29 heavy (non-hydrogen) atoms. The molecule has 0 saturated carbocycles. The molecule has 3 rings (SSSR count). The molecule has 0 aliphatic heterocycles. The number of pyridine rings is 1. The Morgan fingerprint density at radius 3 is 2.66 bits per heavy atom. The van der Waals surface area contributed by atoms with E-state index in [0.29, 0.717) is 17.9 Å². The fourth-order valence-corrected chi connectivity index (χ4v) is 3.38. The summed E-state index contributed by atoms with van der Waals surface area (Å²) in [5.74, 6) is 0.301. The van der Waals surface area contributed by atoms with Crippen LogP contribution in [0.15, 0.2) is 41.2 Å². The van der Waals surface area contributed by atoms with Crippen LogP contribution in [0, 0.1) is 13.8 Å². The molecule has 7 nitrogen and oxygen atoms in total. The average molecular weight is 394 g/mol. The number of hydrogen-bond acceptors (Lipinski definition) is 4. The van der Waals surface area contributed by atoms with E-state index in [4.69, 9.17) is 4.74 Å². The standard InChI is InChI=1S/C22H26N4O3/c1-13(11-19-14(2)25-26(4)15(19)3)23-21(27)18-9-10-20(24-22(18)28)16-7-6-8-17(12-16)29-5/h6-10,12-13H,11H2,1-5H3,(H,23,27)(H,24,28). The van der Waals surface area contributed by atoms with Crippen molar-refractivity contribution < 1.29 is 9.53 Å². The predicted octanol–water partition coefficient (Wildman–Crippen LogP) is 2.76. The van der Waals surface area contributed by atoms with Gasteiger partial charge in [0.15, 0.2) is 0 Å². The molecule has 0 aliphatic rings. The van der Waals surface area contributed by atoms with Crippen molar-refractivity contribution in [2.45, 2.75) is 33.2 Å². The van der Waals surface area contributed by atoms with E-state index in [1.807, 2.05) is 56.8 Å². The Morgan fingerprint density at radius 1 is 1.28 bits per heavy atom. The van der Waals surface area contributed by atoms with E-state index in [9.17, 15) is 9.59 Å². The minimum absolute atomic E-state index is 0.0862. The lowest BCUT2D eigenvalue weighted by atomic mass is 10.0. The van der Waals surface area contributed by atoms with Crippen molar-refractivity contribution in [3.63, 3.8) is 0 Å². The van der Waals surface area contributed by atoms with Crippen molar-refractivity contribution in [1.29, 1.82) is 0 Å². The summed E-state index contributed by atoms with van der Waals surface area (Å²) in [7, 11) is 3.49. The molecule has 1 unspecified atom stereocenters. The topological polar surface area (TPSA) is 89.0 Å². The van der Waals surface area contributed by atoms with Crippen molar-refractivity contribution in [2.24, 2.45) is 7.05 Å². The highest BCUT2D eigenvalue weighted by molar-refractivity contribution is 5.94. The zero-order chi connectivity index (χ0) is 21.1. The number of aromatic amines is 1. The van der Waals surface area contributed by atoms with Crippen molar-refractivity contribution in [3.05, 3.63) is 69.3 Å². The molecule has 0 saturated heterocycles. The van der Waals surface area contributed by atoms with Crippen LogP contribution in [-0.2, 0) is 13.5 Å². The van der Waals surface area contributed by atoms with E-state index in [0.717, 1.165) is 22.5 Å². The Hall–Kier alpha value is -3.35. The summed E-state index contributed by atoms with van der Waals surface area (Å²) in [5.41, 5.74) is 4.23. The van der Waals surface area contributed by atoms with Gasteiger partial charge in [0.25, 0.3) is 11.5 Å². The Morgan fingerprint density at radius 2 is 2.03 bits per heavy atom. The van der Waals surface area contributed by atoms with Crippen LogP contribution in [0.1, 0.15) is 34.2 Å². The van der Waals surface area contributed by atoms with Gasteiger partial charge in [0.2, 0.25) is 0 Å². The number of nitrogens with zero attached hydrogens (tertiary/aromatic N) is 2. The second-order valence-corrected chi connectivity index (χ2v) is 7.20. The van der Waals surface area contributed by atoms with Gasteiger partial charge in [-0.25, -0.2) is 0 Å². The maximum absolute atomic E-state index is 12.6. The summed E-state index contributed by atoms with van der Waals surface area (Å²) in [5, 5.41) is 7.32. The third-order valence-corrected chi connectivity index (χ3v) is 5.08. The van der Waals surface area contributed by atoms with Gasteiger partial charge in [-0.3, -0.25) is 14.3 Å². The Bertz CT molecular complexity index is 1100. The van der Waals surface area contributed by atoms with E-state index in [1.165, 1.54) is 0 Å². The SMILES string of the molecule is COc1cccc(-c2ccc(C(=O)NC(C)Cc3c(C)nn(C)c3C)c(=O)[nH]2)c1. The number of aromatic nitrogens is 3. The number of ether oxygens (including phenoxy) is 1. The van der Waals surface area contributed by atoms with Crippen molar-refractivity contribution in [3.8, 4) is 17.0 Å². The number of aryl methyl sites for hydroxylation is 2. The van der Waals surface area contributed by atoms with Crippen LogP contribution in [0.3, 0.4) is 0 Å². The van der Waals surface area contributed by atoms with E-state index in [-0.39, 0.29) is 11.6 Å². The number of carbonyl (C=O) groups is 1. The number of hydrogen-bond donors (Lipinski definition) is 2. The number of H-pyrrole nitrogens is 1. The average Bonchev–Trinajstić information content (AvgIpc) is 2.93. The number of amides is 1. The molecule has 0 aliphatic carbocycles. The number of methoxy groups -OCH3 is 1. The zero-order valence-electron chi connectivity index (χ0n) is 17.4. The third-order valence-electron chi connectivity index (χ3n) is 5.08. The summed E-state index contributed by atoms with van der Waals surface area (Å²) in [6.07, 6.45) is 0.650. The molecule has 0 bridgehead atoms. The first-order valence-corrected chi connectivity index (χ1v) is 9.47. The molecule has 3 aromatic rings. The van der Waals surface area contributed by atoms with E-state index in [1.54, 1.807) is 19.2 Å². The predicted molar refractivity (Wildman–Crippen MR) is 112 cm³/mol. The molecular weight excluding hydrogens is 368 g/mol. The van der Waals surface area contributed by atoms with Gasteiger partial charge in [-0.1, -0.05) is 12.1 Å². The summed E-state index contributed by atoms with van der Waals surface area (Å²) in [6, 6.07) is 10.5. The Labute approximate surface area is 169 Å². The summed E-state index contributed by atoms with van der Waals surface area (Å²) >= 11 is 0. The van der Waals surface area contributed by atoms with E-state index >= 15 is 0 Å². The summed E-state index contributed by atoms with van der Waals surface area (Å²) in [4.78, 5) is 27.9. The van der Waals surface area contributed by atoms with Gasteiger partial charge in [0, 0.05) is 30.0 Å². The quantitative estimate of drug-likeness (QED) is 0.673. The van der Waals surface area contributed by atoms with Gasteiger partial charge in [0.05, 0.1) is 12.8 Å². The highest BCUT2D eigenvalue weighted by Gasteiger charge is 2.17. The molecule has 1 amide bonds. The van der Waals surface area contributed by atoms with Crippen LogP contribution in [-0.4, -0.2) is 33.8 Å². The lowest BCUT2D eigenvalue weighted by Gasteiger charge is -2.14. The highest BCUT2D eigenvalue weighted by atomic mass is 16.5. The maximum Gasteiger partial charge on any atom is 0.261 e.